The largest absolute Gasteiger partial charge is 0.396 e. The molecule has 64 valence electrons. The molecule has 0 heterocycles. The van der Waals surface area contributed by atoms with E-state index in [9.17, 15) is 0 Å². The van der Waals surface area contributed by atoms with Crippen LogP contribution in [0.3, 0.4) is 0 Å². The molecule has 0 fully saturated rings. The highest BCUT2D eigenvalue weighted by molar-refractivity contribution is 6.51. The molecule has 0 amide bonds. The van der Waals surface area contributed by atoms with Crippen molar-refractivity contribution in [2.45, 2.75) is 19.7 Å². The van der Waals surface area contributed by atoms with E-state index in [0.29, 0.717) is 0 Å². The minimum atomic E-state index is 0.288. The molecule has 0 saturated heterocycles. The Morgan fingerprint density at radius 3 is 2.92 bits per heavy atom. The van der Waals surface area contributed by atoms with Gasteiger partial charge in [0.1, 0.15) is 0 Å². The highest BCUT2D eigenvalue weighted by Gasteiger charge is 1.94. The van der Waals surface area contributed by atoms with E-state index in [0.717, 1.165) is 20.1 Å². The lowest BCUT2D eigenvalue weighted by molar-refractivity contribution is 0.288. The highest BCUT2D eigenvalue weighted by Crippen LogP contribution is 2.00. The second-order valence-electron chi connectivity index (χ2n) is 3.00. The third kappa shape index (κ3) is 2.70. The van der Waals surface area contributed by atoms with Gasteiger partial charge in [0, 0.05) is 6.61 Å². The Labute approximate surface area is 74.7 Å². The van der Waals surface area contributed by atoms with Gasteiger partial charge < -0.3 is 5.11 Å². The SMILES string of the molecule is CBc1cccc(CCCO)c1. The van der Waals surface area contributed by atoms with E-state index < -0.39 is 0 Å². The lowest BCUT2D eigenvalue weighted by atomic mass is 9.73. The van der Waals surface area contributed by atoms with Gasteiger partial charge in [0.2, 0.25) is 0 Å². The Morgan fingerprint density at radius 1 is 1.42 bits per heavy atom. The first-order valence-electron chi connectivity index (χ1n) is 4.55. The molecule has 0 saturated carbocycles. The zero-order valence-electron chi connectivity index (χ0n) is 7.59. The van der Waals surface area contributed by atoms with Crippen molar-refractivity contribution >= 4 is 12.7 Å². The first-order chi connectivity index (χ1) is 5.86. The summed E-state index contributed by atoms with van der Waals surface area (Å²) in [5.74, 6) is 0. The normalized spacial score (nSPS) is 9.83. The lowest BCUT2D eigenvalue weighted by Crippen LogP contribution is -2.10. The first-order valence-corrected chi connectivity index (χ1v) is 4.55. The van der Waals surface area contributed by atoms with Crippen molar-refractivity contribution in [3.05, 3.63) is 29.8 Å². The van der Waals surface area contributed by atoms with E-state index in [1.165, 1.54) is 11.0 Å². The van der Waals surface area contributed by atoms with Crippen LogP contribution in [0.15, 0.2) is 24.3 Å². The summed E-state index contributed by atoms with van der Waals surface area (Å²) in [5.41, 5.74) is 2.72. The van der Waals surface area contributed by atoms with Crippen molar-refractivity contribution in [2.75, 3.05) is 6.61 Å². The quantitative estimate of drug-likeness (QED) is 0.646. The van der Waals surface area contributed by atoms with Gasteiger partial charge in [0.15, 0.2) is 7.28 Å². The molecule has 1 aromatic carbocycles. The predicted octanol–water partition coefficient (Wildman–Crippen LogP) is 0.721. The van der Waals surface area contributed by atoms with Gasteiger partial charge in [-0.25, -0.2) is 0 Å². The van der Waals surface area contributed by atoms with Gasteiger partial charge in [0.25, 0.3) is 0 Å². The number of rotatable bonds is 4. The monoisotopic (exact) mass is 162 g/mol. The molecule has 0 aliphatic carbocycles. The topological polar surface area (TPSA) is 20.2 Å². The number of benzene rings is 1. The molecule has 0 radical (unpaired) electrons. The van der Waals surface area contributed by atoms with Crippen LogP contribution < -0.4 is 5.46 Å². The summed E-state index contributed by atoms with van der Waals surface area (Å²) in [4.78, 5) is 0. The van der Waals surface area contributed by atoms with E-state index in [2.05, 4.69) is 31.1 Å². The minimum Gasteiger partial charge on any atom is -0.396 e. The van der Waals surface area contributed by atoms with Crippen LogP contribution in [0.1, 0.15) is 12.0 Å². The summed E-state index contributed by atoms with van der Waals surface area (Å²) in [5, 5.41) is 8.65. The maximum atomic E-state index is 8.65. The average Bonchev–Trinajstić information content (AvgIpc) is 2.15. The van der Waals surface area contributed by atoms with Gasteiger partial charge in [0.05, 0.1) is 0 Å². The van der Waals surface area contributed by atoms with Crippen LogP contribution in [0.4, 0.5) is 0 Å². The molecule has 1 aromatic rings. The molecule has 0 spiro atoms. The second-order valence-corrected chi connectivity index (χ2v) is 3.00. The van der Waals surface area contributed by atoms with E-state index in [-0.39, 0.29) is 6.61 Å². The Bertz CT molecular complexity index is 235. The van der Waals surface area contributed by atoms with Crippen LogP contribution in [-0.2, 0) is 6.42 Å². The average molecular weight is 162 g/mol. The molecule has 0 bridgehead atoms. The van der Waals surface area contributed by atoms with Crippen molar-refractivity contribution in [3.63, 3.8) is 0 Å². The summed E-state index contributed by atoms with van der Waals surface area (Å²) >= 11 is 0. The molecule has 0 unspecified atom stereocenters. The lowest BCUT2D eigenvalue weighted by Gasteiger charge is -2.01. The van der Waals surface area contributed by atoms with Crippen LogP contribution in [0.25, 0.3) is 0 Å². The number of hydrogen-bond acceptors (Lipinski definition) is 1. The molecule has 0 aliphatic heterocycles. The summed E-state index contributed by atoms with van der Waals surface area (Å²) in [7, 11) is 1.09. The van der Waals surface area contributed by atoms with E-state index in [4.69, 9.17) is 5.11 Å². The molecule has 12 heavy (non-hydrogen) atoms. The number of hydrogen-bond donors (Lipinski definition) is 1. The van der Waals surface area contributed by atoms with Gasteiger partial charge in [-0.15, -0.1) is 0 Å². The molecular formula is C10H15BO. The van der Waals surface area contributed by atoms with Crippen LogP contribution in [-0.4, -0.2) is 19.0 Å². The van der Waals surface area contributed by atoms with Crippen molar-refractivity contribution < 1.29 is 5.11 Å². The van der Waals surface area contributed by atoms with Crippen molar-refractivity contribution in [2.24, 2.45) is 0 Å². The minimum absolute atomic E-state index is 0.288. The second kappa shape index (κ2) is 4.99. The van der Waals surface area contributed by atoms with E-state index in [1.807, 2.05) is 0 Å². The Hall–Kier alpha value is -0.755. The molecule has 0 aliphatic rings. The maximum absolute atomic E-state index is 8.65. The maximum Gasteiger partial charge on any atom is 0.154 e. The third-order valence-corrected chi connectivity index (χ3v) is 2.02. The molecule has 1 N–H and O–H groups in total. The smallest absolute Gasteiger partial charge is 0.154 e. The zero-order valence-corrected chi connectivity index (χ0v) is 7.59. The zero-order chi connectivity index (χ0) is 8.81. The summed E-state index contributed by atoms with van der Waals surface area (Å²) in [6.07, 6.45) is 1.86. The summed E-state index contributed by atoms with van der Waals surface area (Å²) in [6.45, 7) is 2.45. The fourth-order valence-electron chi connectivity index (χ4n) is 1.29. The molecule has 0 atom stereocenters. The van der Waals surface area contributed by atoms with Gasteiger partial charge in [-0.05, 0) is 18.4 Å². The van der Waals surface area contributed by atoms with Crippen LogP contribution >= 0.6 is 0 Å². The standard InChI is InChI=1S/C10H15BO/c1-11-10-6-2-4-9(8-10)5-3-7-12/h2,4,6,8,11-12H,3,5,7H2,1H3. The number of aliphatic hydroxyl groups is 1. The summed E-state index contributed by atoms with van der Waals surface area (Å²) in [6, 6.07) is 8.57. The summed E-state index contributed by atoms with van der Waals surface area (Å²) < 4.78 is 0. The van der Waals surface area contributed by atoms with Gasteiger partial charge in [-0.1, -0.05) is 36.6 Å². The highest BCUT2D eigenvalue weighted by atomic mass is 16.2. The van der Waals surface area contributed by atoms with Crippen molar-refractivity contribution in [1.82, 2.24) is 0 Å². The van der Waals surface area contributed by atoms with Crippen LogP contribution in [0, 0.1) is 0 Å². The van der Waals surface area contributed by atoms with E-state index >= 15 is 0 Å². The van der Waals surface area contributed by atoms with Gasteiger partial charge in [-0.2, -0.15) is 0 Å². The van der Waals surface area contributed by atoms with Gasteiger partial charge in [-0.3, -0.25) is 0 Å². The fraction of sp³-hybridized carbons (Fsp3) is 0.400. The predicted molar refractivity (Wildman–Crippen MR) is 54.5 cm³/mol. The Morgan fingerprint density at radius 2 is 2.25 bits per heavy atom. The molecule has 1 nitrogen and oxygen atoms in total. The molecule has 0 aromatic heterocycles. The molecule has 1 rings (SSSR count). The first kappa shape index (κ1) is 9.33. The number of aryl methyl sites for hydroxylation is 1. The van der Waals surface area contributed by atoms with Crippen LogP contribution in [0.2, 0.25) is 6.82 Å². The molecular weight excluding hydrogens is 147 g/mol. The van der Waals surface area contributed by atoms with Crippen molar-refractivity contribution in [3.8, 4) is 0 Å². The van der Waals surface area contributed by atoms with E-state index in [1.54, 1.807) is 0 Å². The fourth-order valence-corrected chi connectivity index (χ4v) is 1.29. The Kier molecular flexibility index (Phi) is 3.88. The van der Waals surface area contributed by atoms with Crippen LogP contribution in [0.5, 0.6) is 0 Å². The Balaban J connectivity index is 2.60. The number of aliphatic hydroxyl groups excluding tert-OH is 1. The molecule has 2 heteroatoms. The van der Waals surface area contributed by atoms with Gasteiger partial charge >= 0.3 is 0 Å². The third-order valence-electron chi connectivity index (χ3n) is 2.02. The van der Waals surface area contributed by atoms with Crippen molar-refractivity contribution in [1.29, 1.82) is 0 Å².